The zero-order chi connectivity index (χ0) is 12.3. The molecule has 1 unspecified atom stereocenters. The van der Waals surface area contributed by atoms with Gasteiger partial charge in [-0.05, 0) is 32.1 Å². The van der Waals surface area contributed by atoms with Gasteiger partial charge in [-0.3, -0.25) is 4.98 Å². The van der Waals surface area contributed by atoms with Crippen LogP contribution in [0.4, 0.5) is 10.5 Å². The van der Waals surface area contributed by atoms with Gasteiger partial charge in [0.05, 0.1) is 11.9 Å². The summed E-state index contributed by atoms with van der Waals surface area (Å²) in [4.78, 5) is 19.9. The number of aromatic nitrogens is 1. The molecule has 1 aliphatic rings. The lowest BCUT2D eigenvalue weighted by atomic mass is 10.2. The molecule has 0 radical (unpaired) electrons. The Morgan fingerprint density at radius 1 is 1.65 bits per heavy atom. The van der Waals surface area contributed by atoms with Crippen LogP contribution in [0.3, 0.4) is 0 Å². The van der Waals surface area contributed by atoms with E-state index in [1.54, 1.807) is 23.4 Å². The molecule has 0 aromatic carbocycles. The van der Waals surface area contributed by atoms with Crippen molar-refractivity contribution in [2.45, 2.75) is 12.5 Å². The highest BCUT2D eigenvalue weighted by molar-refractivity contribution is 5.89. The number of rotatable bonds is 2. The molecule has 1 atom stereocenters. The van der Waals surface area contributed by atoms with Crippen molar-refractivity contribution >= 4 is 11.7 Å². The average Bonchev–Trinajstić information content (AvgIpc) is 2.76. The number of urea groups is 1. The number of likely N-dealkylation sites (N-methyl/N-ethyl adjacent to an activating group) is 2. The van der Waals surface area contributed by atoms with E-state index in [2.05, 4.69) is 22.2 Å². The third-order valence-electron chi connectivity index (χ3n) is 3.15. The van der Waals surface area contributed by atoms with Gasteiger partial charge in [0.25, 0.3) is 0 Å². The third-order valence-corrected chi connectivity index (χ3v) is 3.15. The van der Waals surface area contributed by atoms with Crippen LogP contribution in [0.25, 0.3) is 0 Å². The number of pyridine rings is 1. The number of nitrogens with zero attached hydrogens (tertiary/aromatic N) is 3. The predicted octanol–water partition coefficient (Wildman–Crippen LogP) is 1.25. The summed E-state index contributed by atoms with van der Waals surface area (Å²) in [6, 6.07) is 3.87. The second-order valence-corrected chi connectivity index (χ2v) is 4.49. The molecule has 1 aromatic heterocycles. The van der Waals surface area contributed by atoms with E-state index in [1.807, 2.05) is 13.1 Å². The summed E-state index contributed by atoms with van der Waals surface area (Å²) in [7, 11) is 3.92. The largest absolute Gasteiger partial charge is 0.323 e. The molecule has 1 aliphatic heterocycles. The summed E-state index contributed by atoms with van der Waals surface area (Å²) < 4.78 is 0. The maximum absolute atomic E-state index is 12.0. The Bertz CT molecular complexity index is 381. The van der Waals surface area contributed by atoms with Gasteiger partial charge in [0.2, 0.25) is 0 Å². The minimum absolute atomic E-state index is 0.0710. The standard InChI is InChI=1S/C12H18N4O/c1-15-7-5-11(9-15)16(2)12(17)14-10-4-3-6-13-8-10/h3-4,6,8,11H,5,7,9H2,1-2H3,(H,14,17). The van der Waals surface area contributed by atoms with Gasteiger partial charge in [-0.15, -0.1) is 0 Å². The van der Waals surface area contributed by atoms with Crippen LogP contribution in [0, 0.1) is 0 Å². The van der Waals surface area contributed by atoms with Gasteiger partial charge in [0, 0.05) is 25.8 Å². The molecule has 5 nitrogen and oxygen atoms in total. The molecule has 1 aromatic rings. The number of amides is 2. The Morgan fingerprint density at radius 3 is 3.06 bits per heavy atom. The molecule has 2 amide bonds. The van der Waals surface area contributed by atoms with Crippen LogP contribution in [0.5, 0.6) is 0 Å². The van der Waals surface area contributed by atoms with E-state index >= 15 is 0 Å². The second kappa shape index (κ2) is 5.14. The van der Waals surface area contributed by atoms with E-state index < -0.39 is 0 Å². The maximum atomic E-state index is 12.0. The molecule has 2 rings (SSSR count). The van der Waals surface area contributed by atoms with Gasteiger partial charge in [-0.25, -0.2) is 4.79 Å². The van der Waals surface area contributed by atoms with E-state index in [0.29, 0.717) is 6.04 Å². The molecule has 1 fully saturated rings. The van der Waals surface area contributed by atoms with Crippen LogP contribution < -0.4 is 5.32 Å². The van der Waals surface area contributed by atoms with Crippen LogP contribution in [0.1, 0.15) is 6.42 Å². The lowest BCUT2D eigenvalue weighted by molar-refractivity contribution is 0.204. The van der Waals surface area contributed by atoms with E-state index in [9.17, 15) is 4.79 Å². The van der Waals surface area contributed by atoms with Crippen LogP contribution in [-0.4, -0.2) is 54.0 Å². The van der Waals surface area contributed by atoms with E-state index in [1.165, 1.54) is 0 Å². The van der Waals surface area contributed by atoms with Crippen molar-refractivity contribution in [1.29, 1.82) is 0 Å². The number of nitrogens with one attached hydrogen (secondary N) is 1. The summed E-state index contributed by atoms with van der Waals surface area (Å²) in [6.07, 6.45) is 4.37. The van der Waals surface area contributed by atoms with Gasteiger partial charge in [0.15, 0.2) is 0 Å². The minimum Gasteiger partial charge on any atom is -0.323 e. The van der Waals surface area contributed by atoms with Gasteiger partial charge in [-0.2, -0.15) is 0 Å². The molecule has 0 bridgehead atoms. The molecule has 1 saturated heterocycles. The fourth-order valence-corrected chi connectivity index (χ4v) is 2.04. The Morgan fingerprint density at radius 2 is 2.47 bits per heavy atom. The zero-order valence-electron chi connectivity index (χ0n) is 10.3. The van der Waals surface area contributed by atoms with Gasteiger partial charge in [-0.1, -0.05) is 0 Å². The number of likely N-dealkylation sites (tertiary alicyclic amines) is 1. The highest BCUT2D eigenvalue weighted by Gasteiger charge is 2.26. The lowest BCUT2D eigenvalue weighted by Crippen LogP contribution is -2.41. The molecule has 17 heavy (non-hydrogen) atoms. The molecule has 0 spiro atoms. The number of carbonyl (C=O) groups excluding carboxylic acids is 1. The SMILES string of the molecule is CN1CCC(N(C)C(=O)Nc2cccnc2)C1. The van der Waals surface area contributed by atoms with Crippen LogP contribution in [-0.2, 0) is 0 Å². The maximum Gasteiger partial charge on any atom is 0.321 e. The molecule has 0 saturated carbocycles. The Balaban J connectivity index is 1.92. The fraction of sp³-hybridized carbons (Fsp3) is 0.500. The van der Waals surface area contributed by atoms with E-state index in [0.717, 1.165) is 25.2 Å². The van der Waals surface area contributed by atoms with Crippen LogP contribution >= 0.6 is 0 Å². The van der Waals surface area contributed by atoms with Crippen molar-refractivity contribution in [3.63, 3.8) is 0 Å². The van der Waals surface area contributed by atoms with Gasteiger partial charge >= 0.3 is 6.03 Å². The average molecular weight is 234 g/mol. The van der Waals surface area contributed by atoms with Gasteiger partial charge in [0.1, 0.15) is 0 Å². The molecule has 92 valence electrons. The van der Waals surface area contributed by atoms with E-state index in [4.69, 9.17) is 0 Å². The molecule has 2 heterocycles. The first-order chi connectivity index (χ1) is 8.16. The highest BCUT2D eigenvalue weighted by atomic mass is 16.2. The molecular formula is C12H18N4O. The predicted molar refractivity (Wildman–Crippen MR) is 66.9 cm³/mol. The molecular weight excluding hydrogens is 216 g/mol. The minimum atomic E-state index is -0.0710. The quantitative estimate of drug-likeness (QED) is 0.837. The smallest absolute Gasteiger partial charge is 0.321 e. The Hall–Kier alpha value is -1.62. The second-order valence-electron chi connectivity index (χ2n) is 4.49. The van der Waals surface area contributed by atoms with Gasteiger partial charge < -0.3 is 15.1 Å². The van der Waals surface area contributed by atoms with Crippen LogP contribution in [0.15, 0.2) is 24.5 Å². The monoisotopic (exact) mass is 234 g/mol. The Kier molecular flexibility index (Phi) is 3.58. The molecule has 5 heteroatoms. The summed E-state index contributed by atoms with van der Waals surface area (Å²) in [5, 5.41) is 2.84. The first-order valence-electron chi connectivity index (χ1n) is 5.79. The number of hydrogen-bond acceptors (Lipinski definition) is 3. The Labute approximate surface area is 101 Å². The summed E-state index contributed by atoms with van der Waals surface area (Å²) in [5.74, 6) is 0. The van der Waals surface area contributed by atoms with Crippen molar-refractivity contribution in [2.75, 3.05) is 32.5 Å². The number of anilines is 1. The van der Waals surface area contributed by atoms with Crippen molar-refractivity contribution in [3.8, 4) is 0 Å². The normalized spacial score (nSPS) is 20.2. The van der Waals surface area contributed by atoms with Crippen molar-refractivity contribution in [3.05, 3.63) is 24.5 Å². The van der Waals surface area contributed by atoms with E-state index in [-0.39, 0.29) is 6.03 Å². The summed E-state index contributed by atoms with van der Waals surface area (Å²) in [5.41, 5.74) is 0.732. The number of hydrogen-bond donors (Lipinski definition) is 1. The third kappa shape index (κ3) is 2.94. The first kappa shape index (κ1) is 11.9. The topological polar surface area (TPSA) is 48.5 Å². The summed E-state index contributed by atoms with van der Waals surface area (Å²) >= 11 is 0. The molecule has 1 N–H and O–H groups in total. The highest BCUT2D eigenvalue weighted by Crippen LogP contribution is 2.14. The van der Waals surface area contributed by atoms with Crippen molar-refractivity contribution in [2.24, 2.45) is 0 Å². The van der Waals surface area contributed by atoms with Crippen LogP contribution in [0.2, 0.25) is 0 Å². The first-order valence-corrected chi connectivity index (χ1v) is 5.79. The lowest BCUT2D eigenvalue weighted by Gasteiger charge is -2.24. The van der Waals surface area contributed by atoms with Crippen molar-refractivity contribution < 1.29 is 4.79 Å². The van der Waals surface area contributed by atoms with Crippen molar-refractivity contribution in [1.82, 2.24) is 14.8 Å². The fourth-order valence-electron chi connectivity index (χ4n) is 2.04. The number of carbonyl (C=O) groups is 1. The summed E-state index contributed by atoms with van der Waals surface area (Å²) in [6.45, 7) is 1.99. The zero-order valence-corrected chi connectivity index (χ0v) is 10.3. The molecule has 0 aliphatic carbocycles.